The fourth-order valence-corrected chi connectivity index (χ4v) is 2.56. The fourth-order valence-electron chi connectivity index (χ4n) is 2.56. The van der Waals surface area contributed by atoms with Gasteiger partial charge in [0.15, 0.2) is 5.89 Å². The molecule has 0 bridgehead atoms. The lowest BCUT2D eigenvalue weighted by Gasteiger charge is -2.35. The van der Waals surface area contributed by atoms with Gasteiger partial charge in [0, 0.05) is 19.5 Å². The summed E-state index contributed by atoms with van der Waals surface area (Å²) in [5.41, 5.74) is 0.579. The molecule has 1 N–H and O–H groups in total. The number of carbonyl (C=O) groups is 2. The molecule has 2 unspecified atom stereocenters. The number of hydrogen-bond acceptors (Lipinski definition) is 4. The maximum absolute atomic E-state index is 12.4. The summed E-state index contributed by atoms with van der Waals surface area (Å²) in [5, 5.41) is 9.01. The Morgan fingerprint density at radius 3 is 2.58 bits per heavy atom. The second-order valence-corrected chi connectivity index (χ2v) is 5.05. The topological polar surface area (TPSA) is 83.6 Å². The number of carbonyl (C=O) groups excluding carboxylic acids is 1. The molecular weight excluding hydrogens is 248 g/mol. The van der Waals surface area contributed by atoms with E-state index in [0.29, 0.717) is 31.0 Å². The summed E-state index contributed by atoms with van der Waals surface area (Å²) in [6.07, 6.45) is 0.963. The highest BCUT2D eigenvalue weighted by Crippen LogP contribution is 2.25. The first-order valence-electron chi connectivity index (χ1n) is 6.38. The van der Waals surface area contributed by atoms with Crippen molar-refractivity contribution in [1.29, 1.82) is 0 Å². The van der Waals surface area contributed by atoms with Gasteiger partial charge >= 0.3 is 5.97 Å². The van der Waals surface area contributed by atoms with Gasteiger partial charge in [-0.3, -0.25) is 9.59 Å². The molecule has 2 heterocycles. The first kappa shape index (κ1) is 13.6. The number of carboxylic acids is 1. The van der Waals surface area contributed by atoms with E-state index in [1.807, 2.05) is 6.92 Å². The molecule has 1 aromatic heterocycles. The summed E-state index contributed by atoms with van der Waals surface area (Å²) >= 11 is 0. The quantitative estimate of drug-likeness (QED) is 0.879. The van der Waals surface area contributed by atoms with E-state index in [1.165, 1.54) is 0 Å². The first-order chi connectivity index (χ1) is 8.90. The summed E-state index contributed by atoms with van der Waals surface area (Å²) in [6, 6.07) is -0.104. The lowest BCUT2D eigenvalue weighted by Crippen LogP contribution is -2.46. The van der Waals surface area contributed by atoms with Crippen molar-refractivity contribution in [3.05, 3.63) is 17.3 Å². The molecule has 0 radical (unpaired) electrons. The predicted molar refractivity (Wildman–Crippen MR) is 66.8 cm³/mol. The van der Waals surface area contributed by atoms with Crippen LogP contribution in [0.4, 0.5) is 0 Å². The van der Waals surface area contributed by atoms with Crippen molar-refractivity contribution in [2.75, 3.05) is 6.54 Å². The van der Waals surface area contributed by atoms with Crippen LogP contribution in [0.15, 0.2) is 4.42 Å². The number of piperidine rings is 1. The van der Waals surface area contributed by atoms with E-state index >= 15 is 0 Å². The summed E-state index contributed by atoms with van der Waals surface area (Å²) in [4.78, 5) is 29.1. The van der Waals surface area contributed by atoms with E-state index in [0.717, 1.165) is 0 Å². The number of nitrogens with zero attached hydrogens (tertiary/aromatic N) is 2. The average Bonchev–Trinajstić information content (AvgIpc) is 2.67. The largest absolute Gasteiger partial charge is 0.481 e. The van der Waals surface area contributed by atoms with Gasteiger partial charge in [0.05, 0.1) is 11.6 Å². The maximum atomic E-state index is 12.4. The zero-order valence-corrected chi connectivity index (χ0v) is 11.3. The van der Waals surface area contributed by atoms with Crippen LogP contribution in [0, 0.1) is 19.8 Å². The van der Waals surface area contributed by atoms with Crippen molar-refractivity contribution in [3.63, 3.8) is 0 Å². The molecule has 1 amide bonds. The van der Waals surface area contributed by atoms with Gasteiger partial charge in [-0.05, 0) is 26.7 Å². The van der Waals surface area contributed by atoms with Crippen LogP contribution in [0.25, 0.3) is 0 Å². The van der Waals surface area contributed by atoms with Crippen LogP contribution >= 0.6 is 0 Å². The third kappa shape index (κ3) is 2.62. The SMILES string of the molecule is Cc1nc(C)c(C(=O)N2CCC(C(=O)O)CC2C)o1. The smallest absolute Gasteiger partial charge is 0.306 e. The van der Waals surface area contributed by atoms with Gasteiger partial charge in [0.1, 0.15) is 0 Å². The fraction of sp³-hybridized carbons (Fsp3) is 0.615. The normalized spacial score (nSPS) is 23.4. The number of aliphatic carboxylic acids is 1. The molecule has 0 aromatic carbocycles. The molecule has 1 fully saturated rings. The standard InChI is InChI=1S/C13H18N2O4/c1-7-6-10(13(17)18)4-5-15(7)12(16)11-8(2)14-9(3)19-11/h7,10H,4-6H2,1-3H3,(H,17,18). The van der Waals surface area contributed by atoms with Crippen molar-refractivity contribution < 1.29 is 19.1 Å². The van der Waals surface area contributed by atoms with Crippen LogP contribution in [0.1, 0.15) is 41.9 Å². The second kappa shape index (κ2) is 5.03. The highest BCUT2D eigenvalue weighted by molar-refractivity contribution is 5.92. The third-order valence-corrected chi connectivity index (χ3v) is 3.58. The Kier molecular flexibility index (Phi) is 3.59. The Balaban J connectivity index is 2.13. The number of aryl methyl sites for hydroxylation is 2. The minimum atomic E-state index is -0.786. The molecule has 1 aromatic rings. The molecule has 2 rings (SSSR count). The van der Waals surface area contributed by atoms with Crippen molar-refractivity contribution in [2.45, 2.75) is 39.7 Å². The number of rotatable bonds is 2. The summed E-state index contributed by atoms with van der Waals surface area (Å²) in [6.45, 7) is 5.74. The molecule has 1 saturated heterocycles. The van der Waals surface area contributed by atoms with Crippen molar-refractivity contribution in [3.8, 4) is 0 Å². The predicted octanol–water partition coefficient (Wildman–Crippen LogP) is 1.62. The van der Waals surface area contributed by atoms with Crippen molar-refractivity contribution in [1.82, 2.24) is 9.88 Å². The van der Waals surface area contributed by atoms with Crippen LogP contribution in [-0.4, -0.2) is 39.5 Å². The van der Waals surface area contributed by atoms with E-state index in [4.69, 9.17) is 9.52 Å². The van der Waals surface area contributed by atoms with Crippen molar-refractivity contribution >= 4 is 11.9 Å². The van der Waals surface area contributed by atoms with Gasteiger partial charge in [-0.25, -0.2) is 4.98 Å². The lowest BCUT2D eigenvalue weighted by atomic mass is 9.91. The molecule has 0 aliphatic carbocycles. The molecule has 104 valence electrons. The number of carboxylic acid groups (broad SMARTS) is 1. The van der Waals surface area contributed by atoms with Gasteiger partial charge < -0.3 is 14.4 Å². The minimum Gasteiger partial charge on any atom is -0.481 e. The van der Waals surface area contributed by atoms with Gasteiger partial charge in [-0.1, -0.05) is 0 Å². The number of aromatic nitrogens is 1. The van der Waals surface area contributed by atoms with Crippen molar-refractivity contribution in [2.24, 2.45) is 5.92 Å². The third-order valence-electron chi connectivity index (χ3n) is 3.58. The maximum Gasteiger partial charge on any atom is 0.306 e. The Labute approximate surface area is 111 Å². The van der Waals surface area contributed by atoms with Gasteiger partial charge in [-0.2, -0.15) is 0 Å². The number of hydrogen-bond donors (Lipinski definition) is 1. The molecule has 19 heavy (non-hydrogen) atoms. The molecule has 6 nitrogen and oxygen atoms in total. The molecule has 1 aliphatic rings. The molecule has 2 atom stereocenters. The van der Waals surface area contributed by atoms with Crippen LogP contribution in [0.5, 0.6) is 0 Å². The molecule has 1 aliphatic heterocycles. The highest BCUT2D eigenvalue weighted by Gasteiger charge is 2.34. The summed E-state index contributed by atoms with van der Waals surface area (Å²) < 4.78 is 5.33. The second-order valence-electron chi connectivity index (χ2n) is 5.05. The first-order valence-corrected chi connectivity index (χ1v) is 6.38. The number of likely N-dealkylation sites (tertiary alicyclic amines) is 1. The lowest BCUT2D eigenvalue weighted by molar-refractivity contribution is -0.143. The van der Waals surface area contributed by atoms with Gasteiger partial charge in [0.25, 0.3) is 5.91 Å². The minimum absolute atomic E-state index is 0.104. The molecular formula is C13H18N2O4. The molecule has 0 saturated carbocycles. The summed E-state index contributed by atoms with van der Waals surface area (Å²) in [7, 11) is 0. The van der Waals surface area contributed by atoms with E-state index < -0.39 is 5.97 Å². The Morgan fingerprint density at radius 1 is 1.42 bits per heavy atom. The summed E-state index contributed by atoms with van der Waals surface area (Å²) in [5.74, 6) is -0.622. The van der Waals surface area contributed by atoms with E-state index in [1.54, 1.807) is 18.7 Å². The zero-order chi connectivity index (χ0) is 14.2. The monoisotopic (exact) mass is 266 g/mol. The molecule has 6 heteroatoms. The van der Waals surface area contributed by atoms with Gasteiger partial charge in [-0.15, -0.1) is 0 Å². The van der Waals surface area contributed by atoms with Crippen LogP contribution in [0.3, 0.4) is 0 Å². The Hall–Kier alpha value is -1.85. The van der Waals surface area contributed by atoms with Gasteiger partial charge in [0.2, 0.25) is 5.76 Å². The molecule has 0 spiro atoms. The van der Waals surface area contributed by atoms with E-state index in [2.05, 4.69) is 4.98 Å². The average molecular weight is 266 g/mol. The number of oxazole rings is 1. The Morgan fingerprint density at radius 2 is 2.11 bits per heavy atom. The Bertz CT molecular complexity index is 509. The zero-order valence-electron chi connectivity index (χ0n) is 11.3. The highest BCUT2D eigenvalue weighted by atomic mass is 16.4. The van der Waals surface area contributed by atoms with E-state index in [9.17, 15) is 9.59 Å². The van der Waals surface area contributed by atoms with Crippen LogP contribution in [0.2, 0.25) is 0 Å². The van der Waals surface area contributed by atoms with Crippen LogP contribution in [-0.2, 0) is 4.79 Å². The van der Waals surface area contributed by atoms with E-state index in [-0.39, 0.29) is 23.6 Å². The number of amides is 1. The van der Waals surface area contributed by atoms with Crippen LogP contribution < -0.4 is 0 Å².